The molecule has 1 heterocycles. The van der Waals surface area contributed by atoms with E-state index in [1.165, 1.54) is 19.2 Å². The molecule has 1 aromatic carbocycles. The molecule has 0 aliphatic carbocycles. The number of hydrogen-bond donors (Lipinski definition) is 0. The first-order chi connectivity index (χ1) is 9.86. The Kier molecular flexibility index (Phi) is 4.53. The third kappa shape index (κ3) is 3.19. The van der Waals surface area contributed by atoms with Crippen molar-refractivity contribution in [2.45, 2.75) is 43.9 Å². The van der Waals surface area contributed by atoms with Crippen LogP contribution in [0.4, 0.5) is 0 Å². The van der Waals surface area contributed by atoms with E-state index in [-0.39, 0.29) is 17.4 Å². The Morgan fingerprint density at radius 3 is 2.38 bits per heavy atom. The first kappa shape index (κ1) is 15.8. The smallest absolute Gasteiger partial charge is 0.268 e. The normalized spacial score (nSPS) is 19.3. The van der Waals surface area contributed by atoms with Crippen molar-refractivity contribution < 1.29 is 22.7 Å². The van der Waals surface area contributed by atoms with E-state index < -0.39 is 22.2 Å². The summed E-state index contributed by atoms with van der Waals surface area (Å²) in [4.78, 5) is 12.0. The van der Waals surface area contributed by atoms with Crippen LogP contribution < -0.4 is 4.74 Å². The van der Waals surface area contributed by atoms with Crippen LogP contribution in [0.25, 0.3) is 0 Å². The zero-order chi connectivity index (χ0) is 15.6. The van der Waals surface area contributed by atoms with Crippen molar-refractivity contribution in [3.8, 4) is 5.75 Å². The van der Waals surface area contributed by atoms with Crippen molar-refractivity contribution in [2.24, 2.45) is 0 Å². The molecule has 2 rings (SSSR count). The number of hydrogen-bond acceptors (Lipinski definition) is 5. The Bertz CT molecular complexity index is 609. The van der Waals surface area contributed by atoms with Gasteiger partial charge in [-0.15, -0.1) is 0 Å². The van der Waals surface area contributed by atoms with Gasteiger partial charge >= 0.3 is 0 Å². The fraction of sp³-hybridized carbons (Fsp3) is 0.500. The molecule has 0 aromatic heterocycles. The third-order valence-electron chi connectivity index (χ3n) is 3.16. The summed E-state index contributed by atoms with van der Waals surface area (Å²) in [7, 11) is -2.40. The van der Waals surface area contributed by atoms with Crippen LogP contribution >= 0.6 is 0 Å². The molecule has 0 spiro atoms. The summed E-state index contributed by atoms with van der Waals surface area (Å²) >= 11 is 0. The van der Waals surface area contributed by atoms with Crippen LogP contribution in [-0.4, -0.2) is 38.1 Å². The molecule has 7 heteroatoms. The van der Waals surface area contributed by atoms with Gasteiger partial charge in [-0.05, 0) is 38.1 Å². The van der Waals surface area contributed by atoms with Crippen LogP contribution in [0.2, 0.25) is 0 Å². The average molecular weight is 313 g/mol. The van der Waals surface area contributed by atoms with Crippen molar-refractivity contribution in [2.75, 3.05) is 7.11 Å². The molecule has 0 bridgehead atoms. The molecule has 1 aliphatic rings. The van der Waals surface area contributed by atoms with Crippen LogP contribution in [0.3, 0.4) is 0 Å². The molecule has 1 amide bonds. The van der Waals surface area contributed by atoms with Crippen LogP contribution in [0.15, 0.2) is 29.2 Å². The molecule has 0 radical (unpaired) electrons. The molecule has 1 unspecified atom stereocenters. The Morgan fingerprint density at radius 1 is 1.24 bits per heavy atom. The molecule has 0 saturated carbocycles. The van der Waals surface area contributed by atoms with E-state index in [0.717, 1.165) is 4.31 Å². The highest BCUT2D eigenvalue weighted by Gasteiger charge is 2.41. The Hall–Kier alpha value is -1.60. The lowest BCUT2D eigenvalue weighted by Gasteiger charge is -2.26. The minimum atomic E-state index is -3.90. The maximum atomic E-state index is 12.6. The molecule has 1 saturated heterocycles. The number of sulfonamides is 1. The van der Waals surface area contributed by atoms with Gasteiger partial charge in [0.15, 0.2) is 0 Å². The number of methoxy groups -OCH3 is 1. The second kappa shape index (κ2) is 6.03. The van der Waals surface area contributed by atoms with Gasteiger partial charge in [0.2, 0.25) is 5.91 Å². The van der Waals surface area contributed by atoms with E-state index in [0.29, 0.717) is 12.2 Å². The van der Waals surface area contributed by atoms with Gasteiger partial charge in [0.05, 0.1) is 18.1 Å². The van der Waals surface area contributed by atoms with Crippen molar-refractivity contribution in [1.29, 1.82) is 0 Å². The summed E-state index contributed by atoms with van der Waals surface area (Å²) in [5.74, 6) is 0.119. The number of nitrogens with zero attached hydrogens (tertiary/aromatic N) is 1. The van der Waals surface area contributed by atoms with Crippen LogP contribution in [-0.2, 0) is 19.6 Å². The summed E-state index contributed by atoms with van der Waals surface area (Å²) in [6, 6.07) is 5.94. The van der Waals surface area contributed by atoms with E-state index >= 15 is 0 Å². The van der Waals surface area contributed by atoms with Crippen LogP contribution in [0.1, 0.15) is 26.7 Å². The van der Waals surface area contributed by atoms with Crippen molar-refractivity contribution in [3.63, 3.8) is 0 Å². The highest BCUT2D eigenvalue weighted by molar-refractivity contribution is 7.89. The van der Waals surface area contributed by atoms with Gasteiger partial charge in [0.25, 0.3) is 10.0 Å². The molecule has 1 aromatic rings. The maximum absolute atomic E-state index is 12.6. The Labute approximate surface area is 124 Å². The largest absolute Gasteiger partial charge is 0.497 e. The van der Waals surface area contributed by atoms with Crippen molar-refractivity contribution in [1.82, 2.24) is 4.31 Å². The summed E-state index contributed by atoms with van der Waals surface area (Å²) < 4.78 is 36.6. The minimum absolute atomic E-state index is 0.0518. The van der Waals surface area contributed by atoms with Gasteiger partial charge in [0, 0.05) is 12.8 Å². The van der Waals surface area contributed by atoms with E-state index in [1.54, 1.807) is 26.0 Å². The lowest BCUT2D eigenvalue weighted by molar-refractivity contribution is -0.129. The quantitative estimate of drug-likeness (QED) is 0.828. The summed E-state index contributed by atoms with van der Waals surface area (Å²) in [6.45, 7) is 3.61. The van der Waals surface area contributed by atoms with Gasteiger partial charge in [-0.3, -0.25) is 4.79 Å². The molecule has 1 atom stereocenters. The fourth-order valence-electron chi connectivity index (χ4n) is 2.22. The van der Waals surface area contributed by atoms with Gasteiger partial charge in [-0.2, -0.15) is 0 Å². The SMILES string of the molecule is COc1ccc(S(=O)(=O)N2C(=O)CCC2OC(C)C)cc1. The highest BCUT2D eigenvalue weighted by atomic mass is 32.2. The molecule has 6 nitrogen and oxygen atoms in total. The first-order valence-electron chi connectivity index (χ1n) is 6.73. The predicted octanol–water partition coefficient (Wildman–Crippen LogP) is 1.76. The Morgan fingerprint density at radius 2 is 1.86 bits per heavy atom. The summed E-state index contributed by atoms with van der Waals surface area (Å²) in [6.07, 6.45) is -0.335. The third-order valence-corrected chi connectivity index (χ3v) is 4.98. The molecule has 0 N–H and O–H groups in total. The second-order valence-electron chi connectivity index (χ2n) is 5.05. The van der Waals surface area contributed by atoms with Gasteiger partial charge < -0.3 is 9.47 Å². The lowest BCUT2D eigenvalue weighted by Crippen LogP contribution is -2.41. The van der Waals surface area contributed by atoms with E-state index in [1.807, 2.05) is 0 Å². The molecule has 1 fully saturated rings. The maximum Gasteiger partial charge on any atom is 0.268 e. The number of ether oxygens (including phenoxy) is 2. The number of carbonyl (C=O) groups excluding carboxylic acids is 1. The fourth-order valence-corrected chi connectivity index (χ4v) is 3.75. The Balaban J connectivity index is 2.33. The van der Waals surface area contributed by atoms with Crippen molar-refractivity contribution in [3.05, 3.63) is 24.3 Å². The number of benzene rings is 1. The van der Waals surface area contributed by atoms with Crippen LogP contribution in [0, 0.1) is 0 Å². The second-order valence-corrected chi connectivity index (χ2v) is 6.86. The topological polar surface area (TPSA) is 72.9 Å². The first-order valence-corrected chi connectivity index (χ1v) is 8.17. The van der Waals surface area contributed by atoms with Gasteiger partial charge in [-0.1, -0.05) is 0 Å². The molecule has 1 aliphatic heterocycles. The number of carbonyl (C=O) groups is 1. The summed E-state index contributed by atoms with van der Waals surface area (Å²) in [5, 5.41) is 0. The summed E-state index contributed by atoms with van der Waals surface area (Å²) in [5.41, 5.74) is 0. The minimum Gasteiger partial charge on any atom is -0.497 e. The van der Waals surface area contributed by atoms with E-state index in [2.05, 4.69) is 0 Å². The standard InChI is InChI=1S/C14H19NO5S/c1-10(2)20-14-9-8-13(16)15(14)21(17,18)12-6-4-11(19-3)5-7-12/h4-7,10,14H,8-9H2,1-3H3. The van der Waals surface area contributed by atoms with Crippen LogP contribution in [0.5, 0.6) is 5.75 Å². The molecular weight excluding hydrogens is 294 g/mol. The van der Waals surface area contributed by atoms with Gasteiger partial charge in [-0.25, -0.2) is 12.7 Å². The average Bonchev–Trinajstić information content (AvgIpc) is 2.79. The highest BCUT2D eigenvalue weighted by Crippen LogP contribution is 2.29. The predicted molar refractivity (Wildman–Crippen MR) is 76.3 cm³/mol. The zero-order valence-corrected chi connectivity index (χ0v) is 13.1. The monoisotopic (exact) mass is 313 g/mol. The molecule has 21 heavy (non-hydrogen) atoms. The van der Waals surface area contributed by atoms with E-state index in [4.69, 9.17) is 9.47 Å². The molecule has 116 valence electrons. The van der Waals surface area contributed by atoms with Crippen molar-refractivity contribution >= 4 is 15.9 Å². The zero-order valence-electron chi connectivity index (χ0n) is 12.3. The van der Waals surface area contributed by atoms with Gasteiger partial charge in [0.1, 0.15) is 12.0 Å². The lowest BCUT2D eigenvalue weighted by atomic mass is 10.3. The number of rotatable bonds is 5. The number of amides is 1. The van der Waals surface area contributed by atoms with E-state index in [9.17, 15) is 13.2 Å². The molecular formula is C14H19NO5S.